The molecule has 9 heteroatoms. The van der Waals surface area contributed by atoms with Crippen LogP contribution in [0.2, 0.25) is 0 Å². The number of nitrogens with one attached hydrogen (secondary N) is 2. The molecule has 0 spiro atoms. The summed E-state index contributed by atoms with van der Waals surface area (Å²) >= 11 is 0. The number of aromatic nitrogens is 2. The van der Waals surface area contributed by atoms with Crippen molar-refractivity contribution >= 4 is 22.6 Å². The average molecular weight is 461 g/mol. The second kappa shape index (κ2) is 9.97. The summed E-state index contributed by atoms with van der Waals surface area (Å²) in [7, 11) is 0. The molecule has 2 fully saturated rings. The lowest BCUT2D eigenvalue weighted by Crippen LogP contribution is -2.48. The molecule has 2 aliphatic carbocycles. The monoisotopic (exact) mass is 460 g/mol. The average Bonchev–Trinajstić information content (AvgIpc) is 3.32. The second-order valence-corrected chi connectivity index (χ2v) is 9.52. The Labute approximate surface area is 191 Å². The van der Waals surface area contributed by atoms with Crippen molar-refractivity contribution in [2.45, 2.75) is 95.7 Å². The number of aliphatic carboxylic acids is 1. The maximum Gasteiger partial charge on any atom is 0.350 e. The number of rotatable bonds is 8. The van der Waals surface area contributed by atoms with E-state index in [9.17, 15) is 14.4 Å². The number of nitrogens with zero attached hydrogens (tertiary/aromatic N) is 2. The van der Waals surface area contributed by atoms with Gasteiger partial charge in [0.05, 0.1) is 16.6 Å². The number of carboxylic acids is 1. The fourth-order valence-electron chi connectivity index (χ4n) is 5.18. The molecular weight excluding hydrogens is 427 g/mol. The summed E-state index contributed by atoms with van der Waals surface area (Å²) in [6.07, 6.45) is 9.17. The van der Waals surface area contributed by atoms with Gasteiger partial charge in [0.25, 0.3) is 5.56 Å². The van der Waals surface area contributed by atoms with Crippen LogP contribution in [0.25, 0.3) is 10.9 Å². The van der Waals surface area contributed by atoms with Gasteiger partial charge in [0.15, 0.2) is 0 Å². The van der Waals surface area contributed by atoms with Crippen molar-refractivity contribution in [1.29, 1.82) is 0 Å². The zero-order chi connectivity index (χ0) is 23.5. The Hall–Kier alpha value is -2.84. The lowest BCUT2D eigenvalue weighted by Gasteiger charge is -2.25. The first kappa shape index (κ1) is 23.3. The molecule has 4 rings (SSSR count). The Morgan fingerprint density at radius 1 is 1.12 bits per heavy atom. The van der Waals surface area contributed by atoms with Crippen molar-refractivity contribution in [3.8, 4) is 0 Å². The highest BCUT2D eigenvalue weighted by Crippen LogP contribution is 2.32. The molecule has 1 unspecified atom stereocenters. The summed E-state index contributed by atoms with van der Waals surface area (Å²) < 4.78 is 17.6. The summed E-state index contributed by atoms with van der Waals surface area (Å²) in [5, 5.41) is 12.4. The zero-order valence-corrected chi connectivity index (χ0v) is 19.1. The molecule has 0 aliphatic heterocycles. The SMILES string of the molecule is CC(CCC(=O)O)Nn1c(=O)c2cc(F)c(NC3CCCCC3)cc2n(C2CCCC2)c1=O. The predicted octanol–water partition coefficient (Wildman–Crippen LogP) is 3.96. The number of hydrogen-bond donors (Lipinski definition) is 3. The van der Waals surface area contributed by atoms with Crippen LogP contribution >= 0.6 is 0 Å². The van der Waals surface area contributed by atoms with Gasteiger partial charge in [-0.15, -0.1) is 0 Å². The maximum absolute atomic E-state index is 15.1. The third-order valence-corrected chi connectivity index (χ3v) is 6.97. The van der Waals surface area contributed by atoms with Gasteiger partial charge in [-0.25, -0.2) is 9.18 Å². The second-order valence-electron chi connectivity index (χ2n) is 9.52. The third kappa shape index (κ3) is 5.07. The van der Waals surface area contributed by atoms with Crippen molar-refractivity contribution in [3.05, 3.63) is 38.8 Å². The van der Waals surface area contributed by atoms with Crippen LogP contribution in [-0.2, 0) is 4.79 Å². The molecule has 8 nitrogen and oxygen atoms in total. The molecule has 0 radical (unpaired) electrons. The van der Waals surface area contributed by atoms with Gasteiger partial charge in [-0.2, -0.15) is 4.68 Å². The molecule has 0 bridgehead atoms. The molecule has 2 saturated carbocycles. The summed E-state index contributed by atoms with van der Waals surface area (Å²) in [6, 6.07) is 2.57. The van der Waals surface area contributed by atoms with E-state index in [1.54, 1.807) is 17.6 Å². The number of benzene rings is 1. The van der Waals surface area contributed by atoms with Crippen LogP contribution in [0.1, 0.15) is 83.6 Å². The Morgan fingerprint density at radius 2 is 1.79 bits per heavy atom. The Bertz CT molecular complexity index is 1130. The topological polar surface area (TPSA) is 105 Å². The van der Waals surface area contributed by atoms with Crippen molar-refractivity contribution in [2.24, 2.45) is 0 Å². The van der Waals surface area contributed by atoms with E-state index in [0.717, 1.165) is 56.0 Å². The minimum absolute atomic E-state index is 0.0593. The van der Waals surface area contributed by atoms with Crippen molar-refractivity contribution in [2.75, 3.05) is 10.7 Å². The van der Waals surface area contributed by atoms with Crippen LogP contribution in [-0.4, -0.2) is 32.4 Å². The minimum Gasteiger partial charge on any atom is -0.481 e. The van der Waals surface area contributed by atoms with E-state index < -0.39 is 29.1 Å². The van der Waals surface area contributed by atoms with Crippen LogP contribution in [0, 0.1) is 5.82 Å². The van der Waals surface area contributed by atoms with Gasteiger partial charge in [-0.3, -0.25) is 14.2 Å². The van der Waals surface area contributed by atoms with Crippen molar-refractivity contribution in [1.82, 2.24) is 9.24 Å². The molecule has 1 aromatic carbocycles. The molecule has 0 amide bonds. The predicted molar refractivity (Wildman–Crippen MR) is 126 cm³/mol. The molecule has 2 aromatic rings. The first-order valence-electron chi connectivity index (χ1n) is 12.1. The van der Waals surface area contributed by atoms with Gasteiger partial charge in [-0.1, -0.05) is 32.1 Å². The van der Waals surface area contributed by atoms with Crippen LogP contribution in [0.3, 0.4) is 0 Å². The fraction of sp³-hybridized carbons (Fsp3) is 0.625. The van der Waals surface area contributed by atoms with Gasteiger partial charge in [0, 0.05) is 24.5 Å². The van der Waals surface area contributed by atoms with Gasteiger partial charge >= 0.3 is 11.7 Å². The molecule has 180 valence electrons. The Kier molecular flexibility index (Phi) is 7.05. The van der Waals surface area contributed by atoms with Crippen LogP contribution in [0.4, 0.5) is 10.1 Å². The van der Waals surface area contributed by atoms with Crippen LogP contribution < -0.4 is 22.0 Å². The number of carboxylic acid groups (broad SMARTS) is 1. The minimum atomic E-state index is -0.946. The van der Waals surface area contributed by atoms with Crippen LogP contribution in [0.5, 0.6) is 0 Å². The van der Waals surface area contributed by atoms with Gasteiger partial charge in [0.2, 0.25) is 0 Å². The van der Waals surface area contributed by atoms with E-state index in [-0.39, 0.29) is 30.3 Å². The summed E-state index contributed by atoms with van der Waals surface area (Å²) in [6.45, 7) is 1.72. The Morgan fingerprint density at radius 3 is 2.45 bits per heavy atom. The van der Waals surface area contributed by atoms with E-state index in [1.165, 1.54) is 12.5 Å². The van der Waals surface area contributed by atoms with Crippen molar-refractivity contribution < 1.29 is 14.3 Å². The van der Waals surface area contributed by atoms with Gasteiger partial charge < -0.3 is 15.8 Å². The highest BCUT2D eigenvalue weighted by molar-refractivity contribution is 5.82. The van der Waals surface area contributed by atoms with E-state index in [1.807, 2.05) is 0 Å². The molecular formula is C24H33FN4O4. The summed E-state index contributed by atoms with van der Waals surface area (Å²) in [5.74, 6) is -1.45. The van der Waals surface area contributed by atoms with Crippen LogP contribution in [0.15, 0.2) is 21.7 Å². The molecule has 1 heterocycles. The standard InChI is InChI=1S/C24H33FN4O4/c1-15(11-12-22(30)31)27-29-23(32)18-13-19(25)20(26-16-7-3-2-4-8-16)14-21(18)28(24(29)33)17-9-5-6-10-17/h13-17,26-27H,2-12H2,1H3,(H,30,31). The maximum atomic E-state index is 15.1. The summed E-state index contributed by atoms with van der Waals surface area (Å²) in [4.78, 5) is 37.6. The number of anilines is 1. The van der Waals surface area contributed by atoms with Gasteiger partial charge in [0.1, 0.15) is 5.82 Å². The van der Waals surface area contributed by atoms with Crippen molar-refractivity contribution in [3.63, 3.8) is 0 Å². The van der Waals surface area contributed by atoms with E-state index in [4.69, 9.17) is 5.11 Å². The first-order chi connectivity index (χ1) is 15.8. The normalized spacial score (nSPS) is 18.5. The number of carbonyl (C=O) groups is 1. The smallest absolute Gasteiger partial charge is 0.350 e. The summed E-state index contributed by atoms with van der Waals surface area (Å²) in [5.41, 5.74) is 2.54. The Balaban J connectivity index is 1.79. The lowest BCUT2D eigenvalue weighted by molar-refractivity contribution is -0.137. The third-order valence-electron chi connectivity index (χ3n) is 6.97. The molecule has 2 aliphatic rings. The quantitative estimate of drug-likeness (QED) is 0.551. The number of halogens is 1. The molecule has 1 aromatic heterocycles. The largest absolute Gasteiger partial charge is 0.481 e. The number of fused-ring (bicyclic) bond motifs is 1. The highest BCUT2D eigenvalue weighted by atomic mass is 19.1. The van der Waals surface area contributed by atoms with E-state index in [2.05, 4.69) is 10.7 Å². The fourth-order valence-corrected chi connectivity index (χ4v) is 5.18. The first-order valence-corrected chi connectivity index (χ1v) is 12.1. The molecule has 0 saturated heterocycles. The molecule has 1 atom stereocenters. The van der Waals surface area contributed by atoms with E-state index >= 15 is 4.39 Å². The highest BCUT2D eigenvalue weighted by Gasteiger charge is 2.25. The number of hydrogen-bond acceptors (Lipinski definition) is 5. The van der Waals surface area contributed by atoms with E-state index in [0.29, 0.717) is 11.2 Å². The zero-order valence-electron chi connectivity index (χ0n) is 19.1. The van der Waals surface area contributed by atoms with Gasteiger partial charge in [-0.05, 0) is 51.2 Å². The molecule has 3 N–H and O–H groups in total. The molecule has 33 heavy (non-hydrogen) atoms. The lowest BCUT2D eigenvalue weighted by atomic mass is 9.95.